The Kier molecular flexibility index (Phi) is 11.8. The van der Waals surface area contributed by atoms with Gasteiger partial charge in [0.15, 0.2) is 6.29 Å². The fourth-order valence-corrected chi connectivity index (χ4v) is 6.50. The molecule has 3 aromatic carbocycles. The minimum absolute atomic E-state index is 0.0833. The molecule has 0 aliphatic carbocycles. The molecule has 8 heteroatoms. The van der Waals surface area contributed by atoms with Crippen LogP contribution in [0.1, 0.15) is 62.8 Å². The number of rotatable bonds is 14. The zero-order valence-electron chi connectivity index (χ0n) is 29.0. The van der Waals surface area contributed by atoms with Gasteiger partial charge in [0, 0.05) is 49.3 Å². The molecule has 6 rings (SSSR count). The quantitative estimate of drug-likeness (QED) is 0.107. The number of amides is 1. The summed E-state index contributed by atoms with van der Waals surface area (Å²) in [5.41, 5.74) is 6.96. The van der Waals surface area contributed by atoms with E-state index in [-0.39, 0.29) is 12.2 Å². The number of nitrogens with one attached hydrogen (secondary N) is 1. The van der Waals surface area contributed by atoms with Crippen molar-refractivity contribution < 1.29 is 23.4 Å². The number of carbonyl (C=O) groups excluding carboxylic acids is 1. The highest BCUT2D eigenvalue weighted by Gasteiger charge is 2.22. The Hall–Kier alpha value is -4.37. The number of anilines is 2. The molecule has 49 heavy (non-hydrogen) atoms. The summed E-state index contributed by atoms with van der Waals surface area (Å²) in [4.78, 5) is 18.4. The van der Waals surface area contributed by atoms with Crippen LogP contribution in [0.4, 0.5) is 11.4 Å². The van der Waals surface area contributed by atoms with Gasteiger partial charge in [0.05, 0.1) is 19.4 Å². The molecule has 1 amide bonds. The maximum atomic E-state index is 13.7. The molecule has 4 aromatic rings. The Bertz CT molecular complexity index is 1660. The predicted octanol–water partition coefficient (Wildman–Crippen LogP) is 8.53. The average Bonchev–Trinajstić information content (AvgIpc) is 3.57. The first kappa shape index (κ1) is 34.5. The van der Waals surface area contributed by atoms with Crippen molar-refractivity contribution in [2.75, 3.05) is 43.6 Å². The Labute approximate surface area is 290 Å². The highest BCUT2D eigenvalue weighted by molar-refractivity contribution is 6.07. The van der Waals surface area contributed by atoms with E-state index in [2.05, 4.69) is 71.6 Å². The van der Waals surface area contributed by atoms with E-state index < -0.39 is 0 Å². The van der Waals surface area contributed by atoms with Gasteiger partial charge in [0.25, 0.3) is 5.91 Å². The lowest BCUT2D eigenvalue weighted by atomic mass is 10.00. The van der Waals surface area contributed by atoms with Crippen LogP contribution in [0.3, 0.4) is 0 Å². The van der Waals surface area contributed by atoms with Crippen molar-refractivity contribution in [3.05, 3.63) is 108 Å². The monoisotopic (exact) mass is 663 g/mol. The van der Waals surface area contributed by atoms with Crippen molar-refractivity contribution >= 4 is 23.4 Å². The molecule has 0 spiro atoms. The highest BCUT2D eigenvalue weighted by Crippen LogP contribution is 2.34. The van der Waals surface area contributed by atoms with Crippen LogP contribution in [-0.2, 0) is 27.4 Å². The Morgan fingerprint density at radius 3 is 2.53 bits per heavy atom. The minimum Gasteiger partial charge on any atom is -0.467 e. The van der Waals surface area contributed by atoms with Crippen LogP contribution in [-0.4, -0.2) is 56.6 Å². The molecule has 2 aliphatic heterocycles. The second-order valence-corrected chi connectivity index (χ2v) is 13.0. The molecule has 8 nitrogen and oxygen atoms in total. The molecule has 0 radical (unpaired) electrons. The van der Waals surface area contributed by atoms with Gasteiger partial charge < -0.3 is 28.8 Å². The molecule has 0 saturated carbocycles. The number of unbranched alkanes of at least 4 members (excludes halogenated alkanes) is 1. The normalized spacial score (nSPS) is 15.8. The van der Waals surface area contributed by atoms with Crippen molar-refractivity contribution in [1.29, 1.82) is 0 Å². The van der Waals surface area contributed by atoms with Crippen molar-refractivity contribution in [1.82, 2.24) is 4.90 Å². The van der Waals surface area contributed by atoms with Crippen molar-refractivity contribution in [2.24, 2.45) is 0 Å². The topological polar surface area (TPSA) is 76.4 Å². The molecular weight excluding hydrogens is 614 g/mol. The van der Waals surface area contributed by atoms with Crippen LogP contribution < -0.4 is 15.0 Å². The molecule has 1 atom stereocenters. The van der Waals surface area contributed by atoms with Gasteiger partial charge in [-0.2, -0.15) is 0 Å². The number of hydrogen-bond acceptors (Lipinski definition) is 7. The molecule has 258 valence electrons. The van der Waals surface area contributed by atoms with Gasteiger partial charge in [0.2, 0.25) is 0 Å². The summed E-state index contributed by atoms with van der Waals surface area (Å²) in [5.74, 6) is 1.57. The SMILES string of the molecule is CCCCOC(C)Oc1ccc(-c2ccc3c(c2)C=C(C(=O)Nc2ccc(CN(C)C4CCOCC4)cc2)CCN3Cc2ccco2)cc1. The second kappa shape index (κ2) is 16.8. The number of ether oxygens (including phenoxy) is 3. The molecule has 1 unspecified atom stereocenters. The number of nitrogens with zero attached hydrogens (tertiary/aromatic N) is 2. The van der Waals surface area contributed by atoms with Crippen LogP contribution in [0.25, 0.3) is 17.2 Å². The lowest BCUT2D eigenvalue weighted by molar-refractivity contribution is -0.112. The van der Waals surface area contributed by atoms with E-state index in [4.69, 9.17) is 18.6 Å². The lowest BCUT2D eigenvalue weighted by Crippen LogP contribution is -2.36. The number of furan rings is 1. The van der Waals surface area contributed by atoms with E-state index in [1.165, 1.54) is 5.56 Å². The minimum atomic E-state index is -0.304. The Morgan fingerprint density at radius 2 is 1.80 bits per heavy atom. The number of benzene rings is 3. The first-order valence-electron chi connectivity index (χ1n) is 17.6. The fraction of sp³-hybridized carbons (Fsp3) is 0.390. The summed E-state index contributed by atoms with van der Waals surface area (Å²) >= 11 is 0. The number of fused-ring (bicyclic) bond motifs is 1. The van der Waals surface area contributed by atoms with Gasteiger partial charge in [-0.25, -0.2) is 0 Å². The first-order chi connectivity index (χ1) is 23.9. The van der Waals surface area contributed by atoms with Gasteiger partial charge >= 0.3 is 0 Å². The zero-order chi connectivity index (χ0) is 34.0. The van der Waals surface area contributed by atoms with Crippen LogP contribution in [0.2, 0.25) is 0 Å². The second-order valence-electron chi connectivity index (χ2n) is 13.0. The number of hydrogen-bond donors (Lipinski definition) is 1. The summed E-state index contributed by atoms with van der Waals surface area (Å²) in [6, 6.07) is 27.2. The Balaban J connectivity index is 1.17. The average molecular weight is 664 g/mol. The van der Waals surface area contributed by atoms with Crippen molar-refractivity contribution in [2.45, 2.75) is 71.4 Å². The summed E-state index contributed by atoms with van der Waals surface area (Å²) in [6.45, 7) is 8.61. The van der Waals surface area contributed by atoms with Crippen LogP contribution >= 0.6 is 0 Å². The summed E-state index contributed by atoms with van der Waals surface area (Å²) in [7, 11) is 2.18. The van der Waals surface area contributed by atoms with Crippen LogP contribution in [0, 0.1) is 0 Å². The third-order valence-corrected chi connectivity index (χ3v) is 9.37. The smallest absolute Gasteiger partial charge is 0.251 e. The van der Waals surface area contributed by atoms with Gasteiger partial charge in [-0.15, -0.1) is 0 Å². The molecule has 1 N–H and O–H groups in total. The lowest BCUT2D eigenvalue weighted by Gasteiger charge is -2.31. The molecule has 1 saturated heterocycles. The van der Waals surface area contributed by atoms with Crippen molar-refractivity contribution in [3.63, 3.8) is 0 Å². The molecule has 3 heterocycles. The largest absolute Gasteiger partial charge is 0.467 e. The van der Waals surface area contributed by atoms with E-state index in [0.717, 1.165) is 90.6 Å². The summed E-state index contributed by atoms with van der Waals surface area (Å²) in [5, 5.41) is 3.16. The van der Waals surface area contributed by atoms with Gasteiger partial charge in [-0.05, 0) is 117 Å². The van der Waals surface area contributed by atoms with Gasteiger partial charge in [-0.3, -0.25) is 9.69 Å². The maximum Gasteiger partial charge on any atom is 0.251 e. The van der Waals surface area contributed by atoms with Gasteiger partial charge in [-0.1, -0.05) is 43.7 Å². The third kappa shape index (κ3) is 9.41. The van der Waals surface area contributed by atoms with E-state index in [0.29, 0.717) is 32.2 Å². The predicted molar refractivity (Wildman–Crippen MR) is 196 cm³/mol. The standard InChI is InChI=1S/C41H49N3O5/c1-4-5-22-47-30(2)49-38-15-10-32(11-16-38)33-12-17-40-35(26-33)27-34(18-21-44(40)29-39-7-6-23-48-39)41(45)42-36-13-8-31(9-14-36)28-43(3)37-19-24-46-25-20-37/h6-17,23,26-27,30,37H,4-5,18-22,24-25,28-29H2,1-3H3,(H,42,45). The summed E-state index contributed by atoms with van der Waals surface area (Å²) in [6.07, 6.45) is 8.29. The molecule has 2 aliphatic rings. The fourth-order valence-electron chi connectivity index (χ4n) is 6.50. The number of carbonyl (C=O) groups is 1. The van der Waals surface area contributed by atoms with E-state index >= 15 is 0 Å². The van der Waals surface area contributed by atoms with Gasteiger partial charge in [0.1, 0.15) is 11.5 Å². The van der Waals surface area contributed by atoms with E-state index in [9.17, 15) is 4.79 Å². The first-order valence-corrected chi connectivity index (χ1v) is 17.6. The van der Waals surface area contributed by atoms with E-state index in [1.807, 2.05) is 49.4 Å². The van der Waals surface area contributed by atoms with Crippen LogP contribution in [0.5, 0.6) is 5.75 Å². The Morgan fingerprint density at radius 1 is 1.02 bits per heavy atom. The zero-order valence-corrected chi connectivity index (χ0v) is 29.0. The highest BCUT2D eigenvalue weighted by atomic mass is 16.7. The molecule has 0 bridgehead atoms. The third-order valence-electron chi connectivity index (χ3n) is 9.37. The van der Waals surface area contributed by atoms with Crippen LogP contribution in [0.15, 0.2) is 95.1 Å². The van der Waals surface area contributed by atoms with Crippen molar-refractivity contribution in [3.8, 4) is 16.9 Å². The van der Waals surface area contributed by atoms with E-state index in [1.54, 1.807) is 6.26 Å². The molecular formula is C41H49N3O5. The molecule has 1 aromatic heterocycles. The summed E-state index contributed by atoms with van der Waals surface area (Å²) < 4.78 is 22.9. The maximum absolute atomic E-state index is 13.7. The molecule has 1 fully saturated rings.